The Balaban J connectivity index is 2.23. The van der Waals surface area contributed by atoms with Gasteiger partial charge >= 0.3 is 7.82 Å². The molecule has 0 saturated carbocycles. The first-order valence-electron chi connectivity index (χ1n) is 9.34. The Morgan fingerprint density at radius 1 is 1.12 bits per heavy atom. The van der Waals surface area contributed by atoms with Gasteiger partial charge in [-0.15, -0.1) is 0 Å². The molecule has 13 heteroatoms. The number of hydrogen-bond donors (Lipinski definition) is 1. The van der Waals surface area contributed by atoms with Crippen molar-refractivity contribution in [1.29, 1.82) is 0 Å². The molecule has 0 aliphatic carbocycles. The number of carbonyl (C=O) groups is 1. The van der Waals surface area contributed by atoms with Crippen LogP contribution >= 0.6 is 42.6 Å². The topological polar surface area (TPSA) is 91.7 Å². The van der Waals surface area contributed by atoms with E-state index in [1.165, 1.54) is 6.07 Å². The highest BCUT2D eigenvalue weighted by atomic mass is 35.5. The zero-order chi connectivity index (χ0) is 24.5. The summed E-state index contributed by atoms with van der Waals surface area (Å²) < 4.78 is 43.8. The summed E-state index contributed by atoms with van der Waals surface area (Å²) in [6, 6.07) is 3.46. The lowest BCUT2D eigenvalue weighted by atomic mass is 10.2. The van der Waals surface area contributed by atoms with Crippen LogP contribution in [0.3, 0.4) is 0 Å². The Morgan fingerprint density at radius 3 is 2.19 bits per heavy atom. The number of benzene rings is 1. The van der Waals surface area contributed by atoms with Gasteiger partial charge in [-0.05, 0) is 59.7 Å². The summed E-state index contributed by atoms with van der Waals surface area (Å²) in [6.45, 7) is 9.66. The predicted octanol–water partition coefficient (Wildman–Crippen LogP) is 6.95. The number of amides is 1. The quantitative estimate of drug-likeness (QED) is 0.390. The summed E-state index contributed by atoms with van der Waals surface area (Å²) in [5, 5.41) is 6.16. The molecule has 0 aliphatic rings. The van der Waals surface area contributed by atoms with Crippen LogP contribution in [-0.4, -0.2) is 26.9 Å². The molecule has 0 fully saturated rings. The van der Waals surface area contributed by atoms with Crippen LogP contribution in [0.15, 0.2) is 18.2 Å². The van der Waals surface area contributed by atoms with Crippen LogP contribution in [0.5, 0.6) is 0 Å². The number of rotatable bonds is 7. The van der Waals surface area contributed by atoms with Crippen molar-refractivity contribution in [2.75, 3.05) is 5.32 Å². The van der Waals surface area contributed by atoms with Gasteiger partial charge in [0.1, 0.15) is 16.0 Å². The molecule has 1 aromatic heterocycles. The van der Waals surface area contributed by atoms with Gasteiger partial charge in [-0.1, -0.05) is 34.8 Å². The van der Waals surface area contributed by atoms with E-state index in [0.717, 1.165) is 16.8 Å². The van der Waals surface area contributed by atoms with E-state index < -0.39 is 37.5 Å². The molecule has 2 aromatic rings. The molecule has 1 N–H and O–H groups in total. The summed E-state index contributed by atoms with van der Waals surface area (Å²) in [5.74, 6) is -1.31. The highest BCUT2D eigenvalue weighted by Gasteiger charge is 2.37. The molecule has 1 aromatic carbocycles. The zero-order valence-corrected chi connectivity index (χ0v) is 21.5. The molecular formula is C19H24Cl3FN3O5P. The van der Waals surface area contributed by atoms with E-state index in [1.54, 1.807) is 41.5 Å². The number of phosphoric acid groups is 1. The number of nitrogens with zero attached hydrogens (tertiary/aromatic N) is 2. The smallest absolute Gasteiger partial charge is 0.319 e. The van der Waals surface area contributed by atoms with Crippen LogP contribution in [0, 0.1) is 5.82 Å². The standard InChI is InChI=1S/C19H24Cl3FN3O5P/c1-18(2,3)30-32(28,31-19(4,5)6)29-10-26-16(22)14(21)15(25-26)17(27)24-13-8-7-11(23)9-12(13)20/h7-9H,10H2,1-6H3,(H,24,27). The number of hydrogen-bond acceptors (Lipinski definition) is 6. The van der Waals surface area contributed by atoms with E-state index in [9.17, 15) is 13.8 Å². The van der Waals surface area contributed by atoms with Gasteiger partial charge in [-0.2, -0.15) is 5.10 Å². The first-order chi connectivity index (χ1) is 14.5. The van der Waals surface area contributed by atoms with Gasteiger partial charge in [0.15, 0.2) is 12.4 Å². The molecule has 0 spiro atoms. The van der Waals surface area contributed by atoms with Gasteiger partial charge in [0.2, 0.25) is 0 Å². The number of nitrogens with one attached hydrogen (secondary N) is 1. The van der Waals surface area contributed by atoms with Crippen molar-refractivity contribution in [1.82, 2.24) is 9.78 Å². The molecule has 0 radical (unpaired) electrons. The van der Waals surface area contributed by atoms with E-state index in [1.807, 2.05) is 0 Å². The number of anilines is 1. The Morgan fingerprint density at radius 2 is 1.69 bits per heavy atom. The maximum absolute atomic E-state index is 13.2. The number of carbonyl (C=O) groups excluding carboxylic acids is 1. The summed E-state index contributed by atoms with van der Waals surface area (Å²) in [6.07, 6.45) is 0. The first-order valence-corrected chi connectivity index (χ1v) is 11.9. The Kier molecular flexibility index (Phi) is 8.43. The molecule has 0 atom stereocenters. The minimum absolute atomic E-state index is 0.0112. The van der Waals surface area contributed by atoms with Crippen LogP contribution in [0.25, 0.3) is 0 Å². The molecule has 2 rings (SSSR count). The summed E-state index contributed by atoms with van der Waals surface area (Å²) in [5.41, 5.74) is -1.78. The molecule has 1 amide bonds. The van der Waals surface area contributed by atoms with E-state index in [0.29, 0.717) is 0 Å². The summed E-state index contributed by atoms with van der Waals surface area (Å²) >= 11 is 18.2. The number of halogens is 4. The molecule has 0 bridgehead atoms. The van der Waals surface area contributed by atoms with Crippen LogP contribution < -0.4 is 5.32 Å². The maximum atomic E-state index is 13.2. The van der Waals surface area contributed by atoms with Gasteiger partial charge in [-0.3, -0.25) is 18.4 Å². The molecular weight excluding hydrogens is 507 g/mol. The van der Waals surface area contributed by atoms with Gasteiger partial charge in [0, 0.05) is 0 Å². The second kappa shape index (κ2) is 9.97. The fourth-order valence-electron chi connectivity index (χ4n) is 2.29. The van der Waals surface area contributed by atoms with E-state index >= 15 is 0 Å². The second-order valence-corrected chi connectivity index (χ2v) is 11.3. The predicted molar refractivity (Wildman–Crippen MR) is 122 cm³/mol. The monoisotopic (exact) mass is 529 g/mol. The summed E-state index contributed by atoms with van der Waals surface area (Å²) in [4.78, 5) is 12.6. The second-order valence-electron chi connectivity index (χ2n) is 8.64. The number of aromatic nitrogens is 2. The highest BCUT2D eigenvalue weighted by Crippen LogP contribution is 2.55. The lowest BCUT2D eigenvalue weighted by Crippen LogP contribution is -2.25. The fourth-order valence-corrected chi connectivity index (χ4v) is 4.64. The van der Waals surface area contributed by atoms with Crippen LogP contribution in [-0.2, 0) is 24.9 Å². The maximum Gasteiger partial charge on any atom is 0.477 e. The molecule has 0 aliphatic heterocycles. The molecule has 178 valence electrons. The van der Waals surface area contributed by atoms with Crippen molar-refractivity contribution in [3.63, 3.8) is 0 Å². The Bertz CT molecular complexity index is 1030. The normalized spacial score (nSPS) is 12.8. The van der Waals surface area contributed by atoms with Crippen LogP contribution in [0.4, 0.5) is 10.1 Å². The molecule has 0 unspecified atom stereocenters. The van der Waals surface area contributed by atoms with Crippen molar-refractivity contribution in [2.24, 2.45) is 0 Å². The van der Waals surface area contributed by atoms with Gasteiger partial charge in [-0.25, -0.2) is 13.6 Å². The minimum Gasteiger partial charge on any atom is -0.319 e. The van der Waals surface area contributed by atoms with Crippen molar-refractivity contribution >= 4 is 54.2 Å². The average molecular weight is 531 g/mol. The van der Waals surface area contributed by atoms with Gasteiger partial charge < -0.3 is 5.32 Å². The van der Waals surface area contributed by atoms with Crippen LogP contribution in [0.1, 0.15) is 52.0 Å². The summed E-state index contributed by atoms with van der Waals surface area (Å²) in [7, 11) is -4.06. The molecule has 8 nitrogen and oxygen atoms in total. The lowest BCUT2D eigenvalue weighted by molar-refractivity contribution is -0.00753. The molecule has 0 saturated heterocycles. The fraction of sp³-hybridized carbons (Fsp3) is 0.474. The van der Waals surface area contributed by atoms with Crippen molar-refractivity contribution < 1.29 is 27.3 Å². The van der Waals surface area contributed by atoms with Crippen molar-refractivity contribution in [3.05, 3.63) is 44.9 Å². The Hall–Kier alpha value is -1.19. The van der Waals surface area contributed by atoms with Gasteiger partial charge in [0.05, 0.1) is 21.9 Å². The zero-order valence-electron chi connectivity index (χ0n) is 18.3. The third-order valence-electron chi connectivity index (χ3n) is 3.34. The third kappa shape index (κ3) is 7.70. The number of phosphoric ester groups is 1. The van der Waals surface area contributed by atoms with Crippen molar-refractivity contribution in [2.45, 2.75) is 59.5 Å². The molecule has 32 heavy (non-hydrogen) atoms. The first kappa shape index (κ1) is 27.1. The molecule has 1 heterocycles. The van der Waals surface area contributed by atoms with Gasteiger partial charge in [0.25, 0.3) is 5.91 Å². The largest absolute Gasteiger partial charge is 0.477 e. The lowest BCUT2D eigenvalue weighted by Gasteiger charge is -2.30. The van der Waals surface area contributed by atoms with E-state index in [4.69, 9.17) is 48.4 Å². The SMILES string of the molecule is CC(C)(C)OP(=O)(OCn1nc(C(=O)Nc2ccc(F)cc2Cl)c(Cl)c1Cl)OC(C)(C)C. The Labute approximate surface area is 200 Å². The average Bonchev–Trinajstić information content (AvgIpc) is 2.87. The van der Waals surface area contributed by atoms with Crippen LogP contribution in [0.2, 0.25) is 15.2 Å². The minimum atomic E-state index is -4.06. The third-order valence-corrected chi connectivity index (χ3v) is 6.47. The van der Waals surface area contributed by atoms with Crippen molar-refractivity contribution in [3.8, 4) is 0 Å². The van der Waals surface area contributed by atoms with E-state index in [-0.39, 0.29) is 26.6 Å². The highest BCUT2D eigenvalue weighted by molar-refractivity contribution is 7.48. The van der Waals surface area contributed by atoms with E-state index in [2.05, 4.69) is 10.4 Å².